The fourth-order valence-electron chi connectivity index (χ4n) is 2.24. The van der Waals surface area contributed by atoms with E-state index in [0.29, 0.717) is 0 Å². The van der Waals surface area contributed by atoms with Gasteiger partial charge in [-0.3, -0.25) is 0 Å². The zero-order valence-corrected chi connectivity index (χ0v) is 14.1. The molecule has 1 aromatic heterocycles. The van der Waals surface area contributed by atoms with Gasteiger partial charge in [0.1, 0.15) is 0 Å². The Labute approximate surface area is 132 Å². The summed E-state index contributed by atoms with van der Waals surface area (Å²) in [6.07, 6.45) is 6.54. The summed E-state index contributed by atoms with van der Waals surface area (Å²) in [7, 11) is 2.35. The van der Waals surface area contributed by atoms with Gasteiger partial charge in [-0.05, 0) is 50.8 Å². The van der Waals surface area contributed by atoms with E-state index in [2.05, 4.69) is 34.8 Å². The Hall–Kier alpha value is -1.63. The van der Waals surface area contributed by atoms with Gasteiger partial charge >= 0.3 is 0 Å². The molecule has 0 unspecified atom stereocenters. The second kappa shape index (κ2) is 7.09. The van der Waals surface area contributed by atoms with Gasteiger partial charge in [0.25, 0.3) is 0 Å². The van der Waals surface area contributed by atoms with E-state index < -0.39 is 10.0 Å². The van der Waals surface area contributed by atoms with Gasteiger partial charge in [0.15, 0.2) is 0 Å². The SMILES string of the molecule is CNS(=O)(=O)CC=Cc1ccc2[nH]cc(CCN(C)C)c2c1. The smallest absolute Gasteiger partial charge is 0.214 e. The van der Waals surface area contributed by atoms with Crippen molar-refractivity contribution in [2.45, 2.75) is 6.42 Å². The van der Waals surface area contributed by atoms with Crippen molar-refractivity contribution in [3.63, 3.8) is 0 Å². The van der Waals surface area contributed by atoms with E-state index >= 15 is 0 Å². The first kappa shape index (κ1) is 16.7. The van der Waals surface area contributed by atoms with E-state index in [4.69, 9.17) is 0 Å². The predicted octanol–water partition coefficient (Wildman–Crippen LogP) is 1.83. The molecule has 2 rings (SSSR count). The second-order valence-electron chi connectivity index (χ2n) is 5.56. The Balaban J connectivity index is 2.18. The van der Waals surface area contributed by atoms with Crippen LogP contribution in [0.2, 0.25) is 0 Å². The minimum Gasteiger partial charge on any atom is -0.361 e. The van der Waals surface area contributed by atoms with Crippen molar-refractivity contribution in [1.82, 2.24) is 14.6 Å². The number of hydrogen-bond acceptors (Lipinski definition) is 3. The van der Waals surface area contributed by atoms with Crippen molar-refractivity contribution in [2.75, 3.05) is 33.4 Å². The van der Waals surface area contributed by atoms with E-state index in [1.807, 2.05) is 24.4 Å². The average molecular weight is 321 g/mol. The summed E-state index contributed by atoms with van der Waals surface area (Å²) < 4.78 is 25.1. The van der Waals surface area contributed by atoms with Crippen LogP contribution >= 0.6 is 0 Å². The summed E-state index contributed by atoms with van der Waals surface area (Å²) in [5.41, 5.74) is 3.39. The molecule has 0 aliphatic carbocycles. The van der Waals surface area contributed by atoms with Crippen molar-refractivity contribution >= 4 is 27.0 Å². The van der Waals surface area contributed by atoms with Gasteiger partial charge in [0.05, 0.1) is 5.75 Å². The maximum atomic E-state index is 11.4. The molecule has 0 radical (unpaired) electrons. The summed E-state index contributed by atoms with van der Waals surface area (Å²) >= 11 is 0. The lowest BCUT2D eigenvalue weighted by Gasteiger charge is -2.08. The lowest BCUT2D eigenvalue weighted by molar-refractivity contribution is 0.414. The molecule has 0 aliphatic heterocycles. The van der Waals surface area contributed by atoms with E-state index in [9.17, 15) is 8.42 Å². The van der Waals surface area contributed by atoms with Gasteiger partial charge in [0, 0.05) is 23.6 Å². The van der Waals surface area contributed by atoms with Gasteiger partial charge in [0.2, 0.25) is 10.0 Å². The van der Waals surface area contributed by atoms with Crippen molar-refractivity contribution in [2.24, 2.45) is 0 Å². The van der Waals surface area contributed by atoms with Crippen LogP contribution in [0.15, 0.2) is 30.5 Å². The Morgan fingerprint density at radius 3 is 2.77 bits per heavy atom. The number of hydrogen-bond donors (Lipinski definition) is 2. The van der Waals surface area contributed by atoms with E-state index in [-0.39, 0.29) is 5.75 Å². The fraction of sp³-hybridized carbons (Fsp3) is 0.375. The first-order valence-electron chi connectivity index (χ1n) is 7.24. The van der Waals surface area contributed by atoms with Crippen LogP contribution in [-0.4, -0.2) is 51.7 Å². The number of benzene rings is 1. The van der Waals surface area contributed by atoms with Gasteiger partial charge in [-0.2, -0.15) is 0 Å². The van der Waals surface area contributed by atoms with Crippen LogP contribution in [0.5, 0.6) is 0 Å². The summed E-state index contributed by atoms with van der Waals surface area (Å²) in [4.78, 5) is 5.44. The number of nitrogens with zero attached hydrogens (tertiary/aromatic N) is 1. The number of fused-ring (bicyclic) bond motifs is 1. The molecule has 22 heavy (non-hydrogen) atoms. The summed E-state index contributed by atoms with van der Waals surface area (Å²) in [6.45, 7) is 0.993. The number of aromatic nitrogens is 1. The zero-order chi connectivity index (χ0) is 16.2. The first-order chi connectivity index (χ1) is 10.4. The Kier molecular flexibility index (Phi) is 5.39. The Morgan fingerprint density at radius 1 is 1.32 bits per heavy atom. The van der Waals surface area contributed by atoms with Crippen LogP contribution in [0.4, 0.5) is 0 Å². The molecule has 0 saturated heterocycles. The Morgan fingerprint density at radius 2 is 2.09 bits per heavy atom. The number of nitrogens with one attached hydrogen (secondary N) is 2. The summed E-state index contributed by atoms with van der Waals surface area (Å²) in [6, 6.07) is 6.11. The normalized spacial score (nSPS) is 12.7. The highest BCUT2D eigenvalue weighted by molar-refractivity contribution is 7.89. The second-order valence-corrected chi connectivity index (χ2v) is 7.53. The van der Waals surface area contributed by atoms with Crippen molar-refractivity contribution in [1.29, 1.82) is 0 Å². The highest BCUT2D eigenvalue weighted by Gasteiger charge is 2.05. The predicted molar refractivity (Wildman–Crippen MR) is 92.4 cm³/mol. The molecule has 2 N–H and O–H groups in total. The maximum Gasteiger partial charge on any atom is 0.214 e. The zero-order valence-electron chi connectivity index (χ0n) is 13.3. The number of H-pyrrole nitrogens is 1. The quantitative estimate of drug-likeness (QED) is 0.818. The molecule has 5 nitrogen and oxygen atoms in total. The minimum atomic E-state index is -3.20. The van der Waals surface area contributed by atoms with Crippen LogP contribution < -0.4 is 4.72 Å². The number of rotatable bonds is 7. The third kappa shape index (κ3) is 4.43. The minimum absolute atomic E-state index is 0.0117. The maximum absolute atomic E-state index is 11.4. The highest BCUT2D eigenvalue weighted by atomic mass is 32.2. The van der Waals surface area contributed by atoms with Crippen LogP contribution in [0.1, 0.15) is 11.1 Å². The molecule has 1 aromatic carbocycles. The van der Waals surface area contributed by atoms with Gasteiger partial charge in [-0.1, -0.05) is 18.2 Å². The molecular weight excluding hydrogens is 298 g/mol. The average Bonchev–Trinajstić information content (AvgIpc) is 2.87. The molecule has 0 fully saturated rings. The molecule has 0 aliphatic rings. The lowest BCUT2D eigenvalue weighted by atomic mass is 10.1. The topological polar surface area (TPSA) is 65.2 Å². The molecule has 0 atom stereocenters. The molecule has 0 amide bonds. The van der Waals surface area contributed by atoms with E-state index in [1.165, 1.54) is 18.0 Å². The number of aromatic amines is 1. The van der Waals surface area contributed by atoms with E-state index in [1.54, 1.807) is 6.08 Å². The molecule has 2 aromatic rings. The molecule has 120 valence electrons. The third-order valence-corrected chi connectivity index (χ3v) is 4.81. The van der Waals surface area contributed by atoms with Gasteiger partial charge in [-0.25, -0.2) is 13.1 Å². The fourth-order valence-corrected chi connectivity index (χ4v) is 2.76. The van der Waals surface area contributed by atoms with Crippen LogP contribution in [0, 0.1) is 0 Å². The largest absolute Gasteiger partial charge is 0.361 e. The van der Waals surface area contributed by atoms with Crippen LogP contribution in [0.25, 0.3) is 17.0 Å². The summed E-state index contributed by atoms with van der Waals surface area (Å²) in [5.74, 6) is -0.0117. The highest BCUT2D eigenvalue weighted by Crippen LogP contribution is 2.21. The third-order valence-electron chi connectivity index (χ3n) is 3.56. The van der Waals surface area contributed by atoms with Gasteiger partial charge in [-0.15, -0.1) is 0 Å². The van der Waals surface area contributed by atoms with Crippen LogP contribution in [0.3, 0.4) is 0 Å². The molecular formula is C16H23N3O2S. The van der Waals surface area contributed by atoms with Crippen molar-refractivity contribution < 1.29 is 8.42 Å². The Bertz CT molecular complexity index is 761. The van der Waals surface area contributed by atoms with E-state index in [0.717, 1.165) is 24.0 Å². The number of sulfonamides is 1. The summed E-state index contributed by atoms with van der Waals surface area (Å²) in [5, 5.41) is 1.19. The molecule has 1 heterocycles. The molecule has 0 saturated carbocycles. The standard InChI is InChI=1S/C16H23N3O2S/c1-17-22(20,21)10-4-5-13-6-7-16-15(11-13)14(12-18-16)8-9-19(2)3/h4-7,11-12,17-18H,8-10H2,1-3H3. The number of likely N-dealkylation sites (N-methyl/N-ethyl adjacent to an activating group) is 1. The van der Waals surface area contributed by atoms with Gasteiger partial charge < -0.3 is 9.88 Å². The lowest BCUT2D eigenvalue weighted by Crippen LogP contribution is -2.20. The molecule has 0 spiro atoms. The molecule has 6 heteroatoms. The molecule has 0 bridgehead atoms. The van der Waals surface area contributed by atoms with Crippen molar-refractivity contribution in [3.8, 4) is 0 Å². The monoisotopic (exact) mass is 321 g/mol. The van der Waals surface area contributed by atoms with Crippen molar-refractivity contribution in [3.05, 3.63) is 41.6 Å². The van der Waals surface area contributed by atoms with Crippen LogP contribution in [-0.2, 0) is 16.4 Å². The first-order valence-corrected chi connectivity index (χ1v) is 8.89.